The van der Waals surface area contributed by atoms with Gasteiger partial charge in [0, 0.05) is 6.04 Å². The Kier molecular flexibility index (Phi) is 5.19. The van der Waals surface area contributed by atoms with E-state index in [9.17, 15) is 0 Å². The average molecular weight is 207 g/mol. The Bertz CT molecular complexity index is 264. The van der Waals surface area contributed by atoms with Crippen LogP contribution in [0.3, 0.4) is 0 Å². The number of nitrogens with one attached hydrogen (secondary N) is 1. The van der Waals surface area contributed by atoms with Gasteiger partial charge in [-0.15, -0.1) is 0 Å². The fourth-order valence-electron chi connectivity index (χ4n) is 1.66. The van der Waals surface area contributed by atoms with Crippen molar-refractivity contribution in [3.05, 3.63) is 29.8 Å². The molecular formula is C13H21NO. The van der Waals surface area contributed by atoms with Crippen LogP contribution in [-0.4, -0.2) is 17.7 Å². The van der Waals surface area contributed by atoms with Crippen molar-refractivity contribution in [1.29, 1.82) is 0 Å². The SMILES string of the molecule is CCC(CC)NCCc1ccc(O)cc1. The highest BCUT2D eigenvalue weighted by Crippen LogP contribution is 2.09. The first-order valence-electron chi connectivity index (χ1n) is 5.77. The molecule has 1 rings (SSSR count). The number of aromatic hydroxyl groups is 1. The molecule has 0 unspecified atom stereocenters. The first-order chi connectivity index (χ1) is 7.26. The van der Waals surface area contributed by atoms with Gasteiger partial charge in [-0.1, -0.05) is 26.0 Å². The van der Waals surface area contributed by atoms with Crippen LogP contribution in [0, 0.1) is 0 Å². The summed E-state index contributed by atoms with van der Waals surface area (Å²) < 4.78 is 0. The predicted octanol–water partition coefficient (Wildman–Crippen LogP) is 2.71. The van der Waals surface area contributed by atoms with Gasteiger partial charge in [-0.05, 0) is 43.5 Å². The Hall–Kier alpha value is -1.02. The second kappa shape index (κ2) is 6.46. The third-order valence-electron chi connectivity index (χ3n) is 2.77. The van der Waals surface area contributed by atoms with Crippen molar-refractivity contribution < 1.29 is 5.11 Å². The molecule has 0 saturated heterocycles. The summed E-state index contributed by atoms with van der Waals surface area (Å²) in [6.07, 6.45) is 3.40. The molecule has 0 heterocycles. The summed E-state index contributed by atoms with van der Waals surface area (Å²) in [4.78, 5) is 0. The van der Waals surface area contributed by atoms with E-state index in [2.05, 4.69) is 19.2 Å². The van der Waals surface area contributed by atoms with Crippen LogP contribution >= 0.6 is 0 Å². The average Bonchev–Trinajstić information content (AvgIpc) is 2.27. The molecule has 0 atom stereocenters. The smallest absolute Gasteiger partial charge is 0.115 e. The van der Waals surface area contributed by atoms with Crippen molar-refractivity contribution in [2.75, 3.05) is 6.54 Å². The Balaban J connectivity index is 2.28. The maximum atomic E-state index is 9.13. The number of benzene rings is 1. The largest absolute Gasteiger partial charge is 0.508 e. The lowest BCUT2D eigenvalue weighted by molar-refractivity contribution is 0.474. The molecular weight excluding hydrogens is 186 g/mol. The summed E-state index contributed by atoms with van der Waals surface area (Å²) in [6.45, 7) is 5.43. The van der Waals surface area contributed by atoms with Gasteiger partial charge in [0.05, 0.1) is 0 Å². The zero-order valence-corrected chi connectivity index (χ0v) is 9.66. The fraction of sp³-hybridized carbons (Fsp3) is 0.538. The van der Waals surface area contributed by atoms with Crippen LogP contribution in [0.5, 0.6) is 5.75 Å². The molecule has 0 saturated carbocycles. The van der Waals surface area contributed by atoms with Crippen molar-refractivity contribution in [3.8, 4) is 5.75 Å². The maximum absolute atomic E-state index is 9.13. The molecule has 0 amide bonds. The van der Waals surface area contributed by atoms with Crippen LogP contribution in [0.4, 0.5) is 0 Å². The van der Waals surface area contributed by atoms with Gasteiger partial charge in [-0.25, -0.2) is 0 Å². The molecule has 0 fully saturated rings. The first kappa shape index (κ1) is 12.1. The van der Waals surface area contributed by atoms with E-state index in [1.807, 2.05) is 12.1 Å². The molecule has 0 bridgehead atoms. The van der Waals surface area contributed by atoms with E-state index < -0.39 is 0 Å². The quantitative estimate of drug-likeness (QED) is 0.751. The number of phenolic OH excluding ortho intramolecular Hbond substituents is 1. The highest BCUT2D eigenvalue weighted by molar-refractivity contribution is 5.25. The Morgan fingerprint density at radius 1 is 1.13 bits per heavy atom. The van der Waals surface area contributed by atoms with Crippen LogP contribution in [0.1, 0.15) is 32.3 Å². The van der Waals surface area contributed by atoms with Gasteiger partial charge < -0.3 is 10.4 Å². The molecule has 0 aliphatic heterocycles. The molecule has 2 heteroatoms. The van der Waals surface area contributed by atoms with Crippen molar-refractivity contribution in [2.45, 2.75) is 39.2 Å². The molecule has 84 valence electrons. The minimum Gasteiger partial charge on any atom is -0.508 e. The van der Waals surface area contributed by atoms with E-state index in [4.69, 9.17) is 5.11 Å². The summed E-state index contributed by atoms with van der Waals surface area (Å²) >= 11 is 0. The van der Waals surface area contributed by atoms with Crippen LogP contribution in [0.15, 0.2) is 24.3 Å². The number of hydrogen-bond acceptors (Lipinski definition) is 2. The lowest BCUT2D eigenvalue weighted by Crippen LogP contribution is -2.29. The summed E-state index contributed by atoms with van der Waals surface area (Å²) in [5, 5.41) is 12.7. The minimum absolute atomic E-state index is 0.340. The normalized spacial score (nSPS) is 10.9. The monoisotopic (exact) mass is 207 g/mol. The van der Waals surface area contributed by atoms with Gasteiger partial charge in [0.2, 0.25) is 0 Å². The lowest BCUT2D eigenvalue weighted by atomic mass is 10.1. The van der Waals surface area contributed by atoms with Crippen LogP contribution < -0.4 is 5.32 Å². The number of rotatable bonds is 6. The standard InChI is InChI=1S/C13H21NO/c1-3-12(4-2)14-10-9-11-5-7-13(15)8-6-11/h5-8,12,14-15H,3-4,9-10H2,1-2H3. The second-order valence-electron chi connectivity index (χ2n) is 3.88. The van der Waals surface area contributed by atoms with Gasteiger partial charge in [0.25, 0.3) is 0 Å². The third kappa shape index (κ3) is 4.34. The Labute approximate surface area is 92.3 Å². The molecule has 2 N–H and O–H groups in total. The van der Waals surface area contributed by atoms with Crippen molar-refractivity contribution >= 4 is 0 Å². The fourth-order valence-corrected chi connectivity index (χ4v) is 1.66. The molecule has 0 aliphatic rings. The first-order valence-corrected chi connectivity index (χ1v) is 5.77. The third-order valence-corrected chi connectivity index (χ3v) is 2.77. The topological polar surface area (TPSA) is 32.3 Å². The summed E-state index contributed by atoms with van der Waals surface area (Å²) in [6, 6.07) is 8.08. The van der Waals surface area contributed by atoms with Crippen LogP contribution in [0.2, 0.25) is 0 Å². The number of hydrogen-bond donors (Lipinski definition) is 2. The van der Waals surface area contributed by atoms with Crippen molar-refractivity contribution in [3.63, 3.8) is 0 Å². The molecule has 1 aromatic carbocycles. The molecule has 0 spiro atoms. The maximum Gasteiger partial charge on any atom is 0.115 e. The number of phenols is 1. The van der Waals surface area contributed by atoms with Crippen LogP contribution in [-0.2, 0) is 6.42 Å². The summed E-state index contributed by atoms with van der Waals surface area (Å²) in [5.74, 6) is 0.340. The lowest BCUT2D eigenvalue weighted by Gasteiger charge is -2.14. The summed E-state index contributed by atoms with van der Waals surface area (Å²) in [7, 11) is 0. The highest BCUT2D eigenvalue weighted by Gasteiger charge is 2.01. The molecule has 1 aromatic rings. The van der Waals surface area contributed by atoms with E-state index >= 15 is 0 Å². The zero-order valence-electron chi connectivity index (χ0n) is 9.66. The van der Waals surface area contributed by atoms with Gasteiger partial charge in [-0.3, -0.25) is 0 Å². The van der Waals surface area contributed by atoms with E-state index in [0.717, 1.165) is 13.0 Å². The predicted molar refractivity (Wildman–Crippen MR) is 64.2 cm³/mol. The van der Waals surface area contributed by atoms with E-state index in [0.29, 0.717) is 11.8 Å². The van der Waals surface area contributed by atoms with Crippen molar-refractivity contribution in [2.24, 2.45) is 0 Å². The van der Waals surface area contributed by atoms with Gasteiger partial charge in [0.15, 0.2) is 0 Å². The molecule has 0 aromatic heterocycles. The zero-order chi connectivity index (χ0) is 11.1. The highest BCUT2D eigenvalue weighted by atomic mass is 16.3. The summed E-state index contributed by atoms with van der Waals surface area (Å²) in [5.41, 5.74) is 1.27. The van der Waals surface area contributed by atoms with E-state index in [1.165, 1.54) is 18.4 Å². The van der Waals surface area contributed by atoms with E-state index in [-0.39, 0.29) is 0 Å². The van der Waals surface area contributed by atoms with E-state index in [1.54, 1.807) is 12.1 Å². The Morgan fingerprint density at radius 3 is 2.27 bits per heavy atom. The molecule has 0 aliphatic carbocycles. The molecule has 0 radical (unpaired) electrons. The van der Waals surface area contributed by atoms with Crippen molar-refractivity contribution in [1.82, 2.24) is 5.32 Å². The second-order valence-corrected chi connectivity index (χ2v) is 3.88. The minimum atomic E-state index is 0.340. The van der Waals surface area contributed by atoms with Gasteiger partial charge in [-0.2, -0.15) is 0 Å². The molecule has 2 nitrogen and oxygen atoms in total. The van der Waals surface area contributed by atoms with Gasteiger partial charge >= 0.3 is 0 Å². The Morgan fingerprint density at radius 2 is 1.73 bits per heavy atom. The molecule has 15 heavy (non-hydrogen) atoms. The van der Waals surface area contributed by atoms with Crippen LogP contribution in [0.25, 0.3) is 0 Å². The van der Waals surface area contributed by atoms with Gasteiger partial charge in [0.1, 0.15) is 5.75 Å².